The minimum absolute atomic E-state index is 0.0612. The van der Waals surface area contributed by atoms with Crippen molar-refractivity contribution in [2.45, 2.75) is 37.8 Å². The molecule has 1 atom stereocenters. The van der Waals surface area contributed by atoms with Crippen molar-refractivity contribution >= 4 is 46.2 Å². The van der Waals surface area contributed by atoms with E-state index in [-0.39, 0.29) is 18.6 Å². The highest BCUT2D eigenvalue weighted by atomic mass is 35.5. The highest BCUT2D eigenvalue weighted by molar-refractivity contribution is 7.10. The summed E-state index contributed by atoms with van der Waals surface area (Å²) in [5, 5.41) is 12.7. The van der Waals surface area contributed by atoms with Gasteiger partial charge in [-0.2, -0.15) is 5.10 Å². The third kappa shape index (κ3) is 4.53. The summed E-state index contributed by atoms with van der Waals surface area (Å²) in [6.45, 7) is 1.64. The van der Waals surface area contributed by atoms with Gasteiger partial charge in [-0.3, -0.25) is 9.48 Å². The summed E-state index contributed by atoms with van der Waals surface area (Å²) < 4.78 is 1.57. The van der Waals surface area contributed by atoms with Crippen LogP contribution in [0.5, 0.6) is 0 Å². The summed E-state index contributed by atoms with van der Waals surface area (Å²) in [6, 6.07) is 7.68. The molecule has 32 heavy (non-hydrogen) atoms. The monoisotopic (exact) mass is 489 g/mol. The van der Waals surface area contributed by atoms with Gasteiger partial charge in [0.1, 0.15) is 12.3 Å². The Labute approximate surface area is 199 Å². The molecule has 166 valence electrons. The van der Waals surface area contributed by atoms with Crippen molar-refractivity contribution in [3.63, 3.8) is 0 Å². The second-order valence-electron chi connectivity index (χ2n) is 7.94. The molecule has 1 amide bonds. The molecule has 3 aromatic rings. The van der Waals surface area contributed by atoms with Crippen molar-refractivity contribution in [1.82, 2.24) is 19.7 Å². The molecule has 0 radical (unpaired) electrons. The standard InChI is InChI=1S/C22H21Cl2N5O2S/c23-15-10-25-29(11-15)12-21(30)28-7-5-14(6-8-28)22-26-19(13-32-22)18-9-20(31-27-18)16-3-1-2-4-17(16)24/h1-4,10-11,13-14,20H,5-9,12H2. The Morgan fingerprint density at radius 2 is 2.03 bits per heavy atom. The number of piperidine rings is 1. The van der Waals surface area contributed by atoms with E-state index in [9.17, 15) is 4.79 Å². The molecule has 4 heterocycles. The maximum atomic E-state index is 12.5. The smallest absolute Gasteiger partial charge is 0.244 e. The molecular weight excluding hydrogens is 469 g/mol. The zero-order valence-corrected chi connectivity index (χ0v) is 19.5. The number of amides is 1. The molecule has 5 rings (SSSR count). The molecule has 2 aliphatic heterocycles. The third-order valence-electron chi connectivity index (χ3n) is 5.83. The Kier molecular flexibility index (Phi) is 6.17. The van der Waals surface area contributed by atoms with Gasteiger partial charge in [-0.15, -0.1) is 11.3 Å². The van der Waals surface area contributed by atoms with Crippen LogP contribution < -0.4 is 0 Å². The van der Waals surface area contributed by atoms with Crippen LogP contribution in [0.2, 0.25) is 10.0 Å². The van der Waals surface area contributed by atoms with Crippen molar-refractivity contribution < 1.29 is 9.63 Å². The summed E-state index contributed by atoms with van der Waals surface area (Å²) in [6.07, 6.45) is 5.46. The molecule has 0 bridgehead atoms. The lowest BCUT2D eigenvalue weighted by atomic mass is 9.97. The van der Waals surface area contributed by atoms with Crippen LogP contribution in [0.15, 0.2) is 47.2 Å². The lowest BCUT2D eigenvalue weighted by molar-refractivity contribution is -0.133. The maximum absolute atomic E-state index is 12.5. The summed E-state index contributed by atoms with van der Waals surface area (Å²) in [4.78, 5) is 24.9. The Morgan fingerprint density at radius 1 is 1.22 bits per heavy atom. The largest absolute Gasteiger partial charge is 0.387 e. The Balaban J connectivity index is 1.16. The van der Waals surface area contributed by atoms with E-state index in [1.807, 2.05) is 34.5 Å². The van der Waals surface area contributed by atoms with Crippen molar-refractivity contribution in [2.24, 2.45) is 5.16 Å². The first-order chi connectivity index (χ1) is 15.6. The lowest BCUT2D eigenvalue weighted by Gasteiger charge is -2.31. The number of rotatable bonds is 5. The third-order valence-corrected chi connectivity index (χ3v) is 7.38. The van der Waals surface area contributed by atoms with Gasteiger partial charge in [0.15, 0.2) is 6.10 Å². The molecule has 1 fully saturated rings. The number of carbonyl (C=O) groups is 1. The number of halogens is 2. The topological polar surface area (TPSA) is 72.6 Å². The number of nitrogens with zero attached hydrogens (tertiary/aromatic N) is 5. The Morgan fingerprint density at radius 3 is 2.78 bits per heavy atom. The number of benzene rings is 1. The van der Waals surface area contributed by atoms with Crippen molar-refractivity contribution in [2.75, 3.05) is 13.1 Å². The van der Waals surface area contributed by atoms with Crippen LogP contribution in [0, 0.1) is 0 Å². The van der Waals surface area contributed by atoms with Crippen molar-refractivity contribution in [3.05, 3.63) is 68.3 Å². The van der Waals surface area contributed by atoms with Gasteiger partial charge < -0.3 is 9.74 Å². The predicted molar refractivity (Wildman–Crippen MR) is 124 cm³/mol. The number of aromatic nitrogens is 3. The average Bonchev–Trinajstić information content (AvgIpc) is 3.55. The first-order valence-corrected chi connectivity index (χ1v) is 12.1. The van der Waals surface area contributed by atoms with Crippen LogP contribution in [0.4, 0.5) is 0 Å². The van der Waals surface area contributed by atoms with E-state index in [2.05, 4.69) is 10.3 Å². The van der Waals surface area contributed by atoms with E-state index in [0.29, 0.717) is 35.5 Å². The van der Waals surface area contributed by atoms with Gasteiger partial charge in [-0.25, -0.2) is 4.98 Å². The van der Waals surface area contributed by atoms with Crippen molar-refractivity contribution in [3.8, 4) is 0 Å². The van der Waals surface area contributed by atoms with Crippen LogP contribution in [-0.4, -0.2) is 44.4 Å². The molecular formula is C22H21Cl2N5O2S. The fourth-order valence-corrected chi connectivity index (χ4v) is 5.49. The van der Waals surface area contributed by atoms with Crippen LogP contribution in [-0.2, 0) is 16.2 Å². The SMILES string of the molecule is O=C(Cn1cc(Cl)cn1)N1CCC(c2nc(C3=NOC(c4ccccc4Cl)C3)cs2)CC1. The zero-order valence-electron chi connectivity index (χ0n) is 17.2. The fourth-order valence-electron chi connectivity index (χ4n) is 4.08. The molecule has 0 spiro atoms. The molecule has 1 aromatic carbocycles. The number of likely N-dealkylation sites (tertiary alicyclic amines) is 1. The van der Waals surface area contributed by atoms with E-state index in [4.69, 9.17) is 33.0 Å². The summed E-state index contributed by atoms with van der Waals surface area (Å²) in [5.74, 6) is 0.408. The van der Waals surface area contributed by atoms with Crippen LogP contribution in [0.3, 0.4) is 0 Å². The van der Waals surface area contributed by atoms with Crippen LogP contribution in [0.25, 0.3) is 0 Å². The first kappa shape index (κ1) is 21.4. The molecule has 0 aliphatic carbocycles. The predicted octanol–water partition coefficient (Wildman–Crippen LogP) is 4.92. The summed E-state index contributed by atoms with van der Waals surface area (Å²) in [7, 11) is 0. The summed E-state index contributed by atoms with van der Waals surface area (Å²) >= 11 is 13.8. The normalized spacial score (nSPS) is 19.1. The Bertz CT molecular complexity index is 1150. The molecule has 7 nitrogen and oxygen atoms in total. The molecule has 1 saturated heterocycles. The van der Waals surface area contributed by atoms with Gasteiger partial charge in [0, 0.05) is 47.6 Å². The summed E-state index contributed by atoms with van der Waals surface area (Å²) in [5.41, 5.74) is 2.66. The van der Waals surface area contributed by atoms with Gasteiger partial charge >= 0.3 is 0 Å². The van der Waals surface area contributed by atoms with Crippen LogP contribution >= 0.6 is 34.5 Å². The molecule has 2 aliphatic rings. The molecule has 2 aromatic heterocycles. The fraction of sp³-hybridized carbons (Fsp3) is 0.364. The number of oxime groups is 1. The van der Waals surface area contributed by atoms with Crippen LogP contribution in [0.1, 0.15) is 47.5 Å². The number of carbonyl (C=O) groups excluding carboxylic acids is 1. The zero-order chi connectivity index (χ0) is 22.1. The number of hydrogen-bond acceptors (Lipinski definition) is 6. The second-order valence-corrected chi connectivity index (χ2v) is 9.67. The average molecular weight is 490 g/mol. The second kappa shape index (κ2) is 9.21. The highest BCUT2D eigenvalue weighted by Gasteiger charge is 2.29. The minimum Gasteiger partial charge on any atom is -0.387 e. The highest BCUT2D eigenvalue weighted by Crippen LogP contribution is 2.35. The number of hydrogen-bond donors (Lipinski definition) is 0. The van der Waals surface area contributed by atoms with E-state index in [1.165, 1.54) is 6.20 Å². The molecule has 10 heteroatoms. The van der Waals surface area contributed by atoms with Gasteiger partial charge in [-0.1, -0.05) is 46.6 Å². The molecule has 0 saturated carbocycles. The van der Waals surface area contributed by atoms with Gasteiger partial charge in [-0.05, 0) is 18.9 Å². The quantitative estimate of drug-likeness (QED) is 0.509. The van der Waals surface area contributed by atoms with E-state index >= 15 is 0 Å². The first-order valence-electron chi connectivity index (χ1n) is 10.5. The van der Waals surface area contributed by atoms with E-state index in [0.717, 1.165) is 34.8 Å². The minimum atomic E-state index is -0.178. The molecule has 0 N–H and O–H groups in total. The van der Waals surface area contributed by atoms with Gasteiger partial charge in [0.2, 0.25) is 5.91 Å². The molecule has 1 unspecified atom stereocenters. The Hall–Kier alpha value is -2.42. The number of thiazole rings is 1. The van der Waals surface area contributed by atoms with E-state index in [1.54, 1.807) is 22.2 Å². The van der Waals surface area contributed by atoms with Crippen molar-refractivity contribution in [1.29, 1.82) is 0 Å². The van der Waals surface area contributed by atoms with E-state index < -0.39 is 0 Å². The maximum Gasteiger partial charge on any atom is 0.244 e. The van der Waals surface area contributed by atoms with Gasteiger partial charge in [0.25, 0.3) is 0 Å². The van der Waals surface area contributed by atoms with Gasteiger partial charge in [0.05, 0.1) is 21.9 Å². The lowest BCUT2D eigenvalue weighted by Crippen LogP contribution is -2.39.